The molecule has 3 rings (SSSR count). The molecular formula is C21H28. The first-order chi connectivity index (χ1) is 10.2. The monoisotopic (exact) mass is 280 g/mol. The van der Waals surface area contributed by atoms with E-state index in [4.69, 9.17) is 0 Å². The van der Waals surface area contributed by atoms with Crippen LogP contribution in [0.5, 0.6) is 0 Å². The second-order valence-corrected chi connectivity index (χ2v) is 6.20. The fraction of sp³-hybridized carbons (Fsp3) is 0.429. The van der Waals surface area contributed by atoms with Crippen LogP contribution in [-0.4, -0.2) is 0 Å². The third kappa shape index (κ3) is 4.20. The molecular weight excluding hydrogens is 252 g/mol. The van der Waals surface area contributed by atoms with Crippen LogP contribution in [0.4, 0.5) is 0 Å². The Kier molecular flexibility index (Phi) is 5.61. The van der Waals surface area contributed by atoms with E-state index < -0.39 is 0 Å². The second-order valence-electron chi connectivity index (χ2n) is 6.20. The average molecular weight is 280 g/mol. The van der Waals surface area contributed by atoms with E-state index in [-0.39, 0.29) is 0 Å². The highest BCUT2D eigenvalue weighted by molar-refractivity contribution is 5.37. The molecule has 0 heterocycles. The van der Waals surface area contributed by atoms with Gasteiger partial charge in [-0.25, -0.2) is 0 Å². The molecule has 0 bridgehead atoms. The minimum atomic E-state index is 0.740. The molecule has 2 unspecified atom stereocenters. The summed E-state index contributed by atoms with van der Waals surface area (Å²) in [6.45, 7) is 8.56. The molecule has 0 saturated heterocycles. The smallest absolute Gasteiger partial charge is 0.00868 e. The first-order valence-electron chi connectivity index (χ1n) is 8.38. The van der Waals surface area contributed by atoms with Crippen molar-refractivity contribution in [2.75, 3.05) is 0 Å². The molecule has 0 aliphatic heterocycles. The van der Waals surface area contributed by atoms with Crippen LogP contribution in [0.3, 0.4) is 0 Å². The van der Waals surface area contributed by atoms with Gasteiger partial charge < -0.3 is 0 Å². The molecule has 0 nitrogen and oxygen atoms in total. The number of benzene rings is 2. The van der Waals surface area contributed by atoms with Gasteiger partial charge in [0.1, 0.15) is 0 Å². The fourth-order valence-electron chi connectivity index (χ4n) is 3.00. The van der Waals surface area contributed by atoms with Crippen molar-refractivity contribution in [2.45, 2.75) is 52.4 Å². The third-order valence-electron chi connectivity index (χ3n) is 4.07. The lowest BCUT2D eigenvalue weighted by molar-refractivity contribution is 0.647. The van der Waals surface area contributed by atoms with E-state index in [1.54, 1.807) is 0 Å². The van der Waals surface area contributed by atoms with E-state index in [9.17, 15) is 0 Å². The van der Waals surface area contributed by atoms with Crippen LogP contribution in [-0.2, 0) is 6.42 Å². The van der Waals surface area contributed by atoms with Gasteiger partial charge in [0.25, 0.3) is 0 Å². The second kappa shape index (κ2) is 7.45. The van der Waals surface area contributed by atoms with Crippen LogP contribution in [0.1, 0.15) is 62.6 Å². The van der Waals surface area contributed by atoms with Gasteiger partial charge in [0.2, 0.25) is 0 Å². The zero-order valence-corrected chi connectivity index (χ0v) is 13.8. The van der Waals surface area contributed by atoms with E-state index in [2.05, 4.69) is 68.4 Å². The fourth-order valence-corrected chi connectivity index (χ4v) is 3.00. The maximum Gasteiger partial charge on any atom is -0.00868 e. The zero-order chi connectivity index (χ0) is 15.2. The highest BCUT2D eigenvalue weighted by Gasteiger charge is 2.39. The van der Waals surface area contributed by atoms with Gasteiger partial charge in [-0.05, 0) is 47.3 Å². The van der Waals surface area contributed by atoms with Crippen molar-refractivity contribution in [3.8, 4) is 0 Å². The van der Waals surface area contributed by atoms with Crippen molar-refractivity contribution < 1.29 is 0 Å². The minimum Gasteiger partial charge on any atom is -0.0683 e. The standard InChI is InChI=1S/C19H22.C2H6/c1-14(2)12-15-8-10-17(11-9-15)19-13-18(19)16-6-4-3-5-7-16;1-2/h3-11,14,18-19H,12-13H2,1-2H3;1-2H3. The van der Waals surface area contributed by atoms with Gasteiger partial charge in [-0.15, -0.1) is 0 Å². The van der Waals surface area contributed by atoms with Gasteiger partial charge in [-0.1, -0.05) is 82.3 Å². The molecule has 2 aromatic carbocycles. The molecule has 1 aliphatic carbocycles. The quantitative estimate of drug-likeness (QED) is 0.627. The third-order valence-corrected chi connectivity index (χ3v) is 4.07. The summed E-state index contributed by atoms with van der Waals surface area (Å²) in [4.78, 5) is 0. The summed E-state index contributed by atoms with van der Waals surface area (Å²) in [5.41, 5.74) is 4.48. The van der Waals surface area contributed by atoms with Gasteiger partial charge in [0.05, 0.1) is 0 Å². The Morgan fingerprint density at radius 2 is 1.33 bits per heavy atom. The molecule has 0 N–H and O–H groups in total. The Labute approximate surface area is 130 Å². The Balaban J connectivity index is 0.000000774. The van der Waals surface area contributed by atoms with E-state index in [0.717, 1.165) is 17.8 Å². The maximum atomic E-state index is 2.34. The van der Waals surface area contributed by atoms with Gasteiger partial charge in [-0.2, -0.15) is 0 Å². The average Bonchev–Trinajstić information content (AvgIpc) is 3.31. The minimum absolute atomic E-state index is 0.740. The van der Waals surface area contributed by atoms with Gasteiger partial charge >= 0.3 is 0 Å². The van der Waals surface area contributed by atoms with Gasteiger partial charge in [0, 0.05) is 0 Å². The highest BCUT2D eigenvalue weighted by atomic mass is 14.4. The molecule has 0 amide bonds. The largest absolute Gasteiger partial charge is 0.0683 e. The molecule has 0 radical (unpaired) electrons. The van der Waals surface area contributed by atoms with Crippen LogP contribution in [0.15, 0.2) is 54.6 Å². The number of rotatable bonds is 4. The molecule has 0 aromatic heterocycles. The van der Waals surface area contributed by atoms with Crippen molar-refractivity contribution in [2.24, 2.45) is 5.92 Å². The van der Waals surface area contributed by atoms with E-state index in [1.807, 2.05) is 13.8 Å². The van der Waals surface area contributed by atoms with Crippen molar-refractivity contribution in [1.29, 1.82) is 0 Å². The predicted octanol–water partition coefficient (Wildman–Crippen LogP) is 6.18. The summed E-state index contributed by atoms with van der Waals surface area (Å²) in [7, 11) is 0. The van der Waals surface area contributed by atoms with Crippen molar-refractivity contribution in [3.05, 3.63) is 71.3 Å². The predicted molar refractivity (Wildman–Crippen MR) is 92.9 cm³/mol. The molecule has 0 heteroatoms. The Morgan fingerprint density at radius 3 is 1.86 bits per heavy atom. The molecule has 112 valence electrons. The lowest BCUT2D eigenvalue weighted by Crippen LogP contribution is -1.94. The number of hydrogen-bond acceptors (Lipinski definition) is 0. The first kappa shape index (κ1) is 15.8. The summed E-state index contributed by atoms with van der Waals surface area (Å²) in [5.74, 6) is 2.23. The summed E-state index contributed by atoms with van der Waals surface area (Å²) in [6.07, 6.45) is 2.50. The van der Waals surface area contributed by atoms with E-state index in [0.29, 0.717) is 0 Å². The van der Waals surface area contributed by atoms with Crippen LogP contribution in [0.2, 0.25) is 0 Å². The molecule has 1 fully saturated rings. The Hall–Kier alpha value is -1.56. The SMILES string of the molecule is CC.CC(C)Cc1ccc(C2CC2c2ccccc2)cc1. The van der Waals surface area contributed by atoms with Crippen molar-refractivity contribution in [1.82, 2.24) is 0 Å². The lowest BCUT2D eigenvalue weighted by Gasteiger charge is -2.06. The summed E-state index contributed by atoms with van der Waals surface area (Å²) >= 11 is 0. The van der Waals surface area contributed by atoms with E-state index in [1.165, 1.54) is 29.5 Å². The van der Waals surface area contributed by atoms with Crippen molar-refractivity contribution in [3.63, 3.8) is 0 Å². The summed E-state index contributed by atoms with van der Waals surface area (Å²) in [6, 6.07) is 20.2. The molecule has 21 heavy (non-hydrogen) atoms. The molecule has 1 aliphatic rings. The molecule has 2 aromatic rings. The molecule has 0 spiro atoms. The Morgan fingerprint density at radius 1 is 0.810 bits per heavy atom. The first-order valence-corrected chi connectivity index (χ1v) is 8.38. The van der Waals surface area contributed by atoms with Crippen LogP contribution < -0.4 is 0 Å². The molecule has 2 atom stereocenters. The maximum absolute atomic E-state index is 2.34. The van der Waals surface area contributed by atoms with Gasteiger partial charge in [0.15, 0.2) is 0 Å². The normalized spacial score (nSPS) is 19.9. The Bertz CT molecular complexity index is 522. The van der Waals surface area contributed by atoms with Crippen LogP contribution in [0, 0.1) is 5.92 Å². The zero-order valence-electron chi connectivity index (χ0n) is 13.8. The van der Waals surface area contributed by atoms with Crippen LogP contribution in [0.25, 0.3) is 0 Å². The summed E-state index contributed by atoms with van der Waals surface area (Å²) < 4.78 is 0. The number of hydrogen-bond donors (Lipinski definition) is 0. The van der Waals surface area contributed by atoms with Crippen molar-refractivity contribution >= 4 is 0 Å². The topological polar surface area (TPSA) is 0 Å². The molecule has 1 saturated carbocycles. The van der Waals surface area contributed by atoms with Crippen LogP contribution >= 0.6 is 0 Å². The lowest BCUT2D eigenvalue weighted by atomic mass is 9.99. The van der Waals surface area contributed by atoms with Gasteiger partial charge in [-0.3, -0.25) is 0 Å². The highest BCUT2D eigenvalue weighted by Crippen LogP contribution is 2.54. The van der Waals surface area contributed by atoms with E-state index >= 15 is 0 Å². The summed E-state index contributed by atoms with van der Waals surface area (Å²) in [5, 5.41) is 0.